The van der Waals surface area contributed by atoms with E-state index in [0.717, 1.165) is 50.8 Å². The van der Waals surface area contributed by atoms with Crippen molar-refractivity contribution in [3.8, 4) is 5.75 Å². The Balaban J connectivity index is 0.000000623. The summed E-state index contributed by atoms with van der Waals surface area (Å²) in [6.07, 6.45) is 5.69. The lowest BCUT2D eigenvalue weighted by Crippen LogP contribution is -2.39. The van der Waals surface area contributed by atoms with Gasteiger partial charge < -0.3 is 9.64 Å². The average molecular weight is 502 g/mol. The van der Waals surface area contributed by atoms with Crippen LogP contribution < -0.4 is 4.74 Å². The highest BCUT2D eigenvalue weighted by Crippen LogP contribution is 2.33. The van der Waals surface area contributed by atoms with E-state index in [0.29, 0.717) is 29.4 Å². The number of carbonyl (C=O) groups is 2. The van der Waals surface area contributed by atoms with Crippen LogP contribution in [0.1, 0.15) is 66.9 Å². The summed E-state index contributed by atoms with van der Waals surface area (Å²) in [5, 5.41) is 0. The number of likely N-dealkylation sites (tertiary alicyclic amines) is 1. The number of piperidine rings is 1. The zero-order valence-electron chi connectivity index (χ0n) is 20.6. The molecule has 1 heterocycles. The fourth-order valence-corrected chi connectivity index (χ4v) is 4.80. The van der Waals surface area contributed by atoms with E-state index in [9.17, 15) is 18.0 Å². The zero-order chi connectivity index (χ0) is 25.6. The van der Waals surface area contributed by atoms with E-state index in [1.165, 1.54) is 5.56 Å². The van der Waals surface area contributed by atoms with Gasteiger partial charge in [-0.25, -0.2) is 0 Å². The van der Waals surface area contributed by atoms with Crippen LogP contribution in [0, 0.1) is 11.8 Å². The van der Waals surface area contributed by atoms with Gasteiger partial charge in [0.2, 0.25) is 0 Å². The lowest BCUT2D eigenvalue weighted by atomic mass is 9.83. The number of hydrogen-bond acceptors (Lipinski definition) is 5. The summed E-state index contributed by atoms with van der Waals surface area (Å²) in [5.74, 6) is 1.53. The van der Waals surface area contributed by atoms with Crippen molar-refractivity contribution in [2.75, 3.05) is 19.3 Å². The van der Waals surface area contributed by atoms with E-state index in [2.05, 4.69) is 19.9 Å². The van der Waals surface area contributed by atoms with Crippen LogP contribution in [0.25, 0.3) is 0 Å². The van der Waals surface area contributed by atoms with Gasteiger partial charge in [0.25, 0.3) is 16.0 Å². The van der Waals surface area contributed by atoms with Gasteiger partial charge in [-0.3, -0.25) is 14.1 Å². The maximum atomic E-state index is 12.8. The van der Waals surface area contributed by atoms with Gasteiger partial charge in [0.1, 0.15) is 5.75 Å². The molecule has 1 unspecified atom stereocenters. The number of esters is 1. The van der Waals surface area contributed by atoms with Gasteiger partial charge in [-0.15, -0.1) is 0 Å². The highest BCUT2D eigenvalue weighted by Gasteiger charge is 2.28. The molecular formula is C27H35NO6S. The van der Waals surface area contributed by atoms with Crippen molar-refractivity contribution in [1.29, 1.82) is 0 Å². The van der Waals surface area contributed by atoms with Crippen molar-refractivity contribution in [2.24, 2.45) is 11.8 Å². The van der Waals surface area contributed by atoms with Crippen molar-refractivity contribution in [3.63, 3.8) is 0 Å². The molecule has 0 radical (unpaired) electrons. The van der Waals surface area contributed by atoms with Crippen LogP contribution in [-0.4, -0.2) is 49.1 Å². The van der Waals surface area contributed by atoms with Crippen molar-refractivity contribution < 1.29 is 27.3 Å². The number of nitrogens with zero attached hydrogens (tertiary/aromatic N) is 1. The van der Waals surface area contributed by atoms with Gasteiger partial charge in [-0.2, -0.15) is 8.42 Å². The summed E-state index contributed by atoms with van der Waals surface area (Å²) in [4.78, 5) is 27.5. The predicted octanol–water partition coefficient (Wildman–Crippen LogP) is 4.72. The van der Waals surface area contributed by atoms with E-state index in [4.69, 9.17) is 9.29 Å². The largest absolute Gasteiger partial charge is 0.426 e. The smallest absolute Gasteiger partial charge is 0.318 e. The standard InChI is InChI=1S/C26H31NO3.CH4O3S/c1-18(2)19-14-16-27(17-15-19)25(28)21-10-12-22(13-11-21)30-26(29)24-9-5-7-20-6-3-4-8-23(20)24;1-5(2,3)4/h3-4,6,8,10-13,18-19,24H,5,7,9,14-17H2,1-2H3;1H3,(H,2,3,4). The normalized spacial score (nSPS) is 18.3. The number of aryl methyl sites for hydroxylation is 1. The summed E-state index contributed by atoms with van der Waals surface area (Å²) in [6, 6.07) is 15.1. The van der Waals surface area contributed by atoms with E-state index in [1.54, 1.807) is 24.3 Å². The number of rotatable bonds is 4. The molecule has 1 atom stereocenters. The molecule has 0 spiro atoms. The van der Waals surface area contributed by atoms with Gasteiger partial charge >= 0.3 is 5.97 Å². The summed E-state index contributed by atoms with van der Waals surface area (Å²) in [6.45, 7) is 6.15. The number of benzene rings is 2. The Kier molecular flexibility index (Phi) is 9.08. The van der Waals surface area contributed by atoms with Crippen LogP contribution in [0.3, 0.4) is 0 Å². The number of hydrogen-bond donors (Lipinski definition) is 1. The van der Waals surface area contributed by atoms with Crippen LogP contribution in [0.15, 0.2) is 48.5 Å². The Morgan fingerprint density at radius 3 is 2.20 bits per heavy atom. The number of amides is 1. The minimum Gasteiger partial charge on any atom is -0.426 e. The van der Waals surface area contributed by atoms with E-state index in [-0.39, 0.29) is 17.8 Å². The summed E-state index contributed by atoms with van der Waals surface area (Å²) >= 11 is 0. The molecule has 8 heteroatoms. The minimum absolute atomic E-state index is 0.0660. The molecule has 1 amide bonds. The molecule has 2 aromatic rings. The lowest BCUT2D eigenvalue weighted by molar-refractivity contribution is -0.136. The van der Waals surface area contributed by atoms with Gasteiger partial charge in [0, 0.05) is 18.7 Å². The third-order valence-corrected chi connectivity index (χ3v) is 6.74. The molecule has 35 heavy (non-hydrogen) atoms. The lowest BCUT2D eigenvalue weighted by Gasteiger charge is -2.34. The number of ether oxygens (including phenoxy) is 1. The first kappa shape index (κ1) is 26.9. The van der Waals surface area contributed by atoms with Crippen LogP contribution in [0.4, 0.5) is 0 Å². The Morgan fingerprint density at radius 2 is 1.60 bits per heavy atom. The maximum Gasteiger partial charge on any atom is 0.318 e. The second-order valence-corrected chi connectivity index (χ2v) is 11.2. The molecule has 0 saturated carbocycles. The average Bonchev–Trinajstić information content (AvgIpc) is 2.82. The molecule has 1 aliphatic heterocycles. The third-order valence-electron chi connectivity index (χ3n) is 6.74. The van der Waals surface area contributed by atoms with E-state index >= 15 is 0 Å². The Labute approximate surface area is 208 Å². The topological polar surface area (TPSA) is 101 Å². The summed E-state index contributed by atoms with van der Waals surface area (Å²) in [7, 11) is -3.67. The fourth-order valence-electron chi connectivity index (χ4n) is 4.80. The van der Waals surface area contributed by atoms with Gasteiger partial charge in [-0.1, -0.05) is 38.1 Å². The number of fused-ring (bicyclic) bond motifs is 1. The molecule has 2 aliphatic rings. The monoisotopic (exact) mass is 501 g/mol. The highest BCUT2D eigenvalue weighted by atomic mass is 32.2. The van der Waals surface area contributed by atoms with Crippen LogP contribution in [-0.2, 0) is 21.3 Å². The summed E-state index contributed by atoms with van der Waals surface area (Å²) in [5.41, 5.74) is 2.99. The summed E-state index contributed by atoms with van der Waals surface area (Å²) < 4.78 is 31.5. The maximum absolute atomic E-state index is 12.8. The molecule has 4 rings (SSSR count). The Morgan fingerprint density at radius 1 is 1.00 bits per heavy atom. The molecule has 0 bridgehead atoms. The molecular weight excluding hydrogens is 466 g/mol. The van der Waals surface area contributed by atoms with Crippen molar-refractivity contribution in [1.82, 2.24) is 4.90 Å². The predicted molar refractivity (Wildman–Crippen MR) is 135 cm³/mol. The first-order valence-electron chi connectivity index (χ1n) is 12.1. The molecule has 1 fully saturated rings. The van der Waals surface area contributed by atoms with Crippen LogP contribution in [0.5, 0.6) is 5.75 Å². The van der Waals surface area contributed by atoms with Gasteiger partial charge in [-0.05, 0) is 79.3 Å². The van der Waals surface area contributed by atoms with E-state index in [1.807, 2.05) is 23.1 Å². The molecule has 2 aromatic carbocycles. The molecule has 7 nitrogen and oxygen atoms in total. The minimum atomic E-state index is -3.67. The Hall–Kier alpha value is -2.71. The first-order valence-corrected chi connectivity index (χ1v) is 14.0. The van der Waals surface area contributed by atoms with Crippen molar-refractivity contribution >= 4 is 22.0 Å². The molecule has 0 aromatic heterocycles. The van der Waals surface area contributed by atoms with Crippen LogP contribution >= 0.6 is 0 Å². The van der Waals surface area contributed by atoms with E-state index < -0.39 is 10.1 Å². The second kappa shape index (κ2) is 11.8. The highest BCUT2D eigenvalue weighted by molar-refractivity contribution is 7.85. The molecule has 1 N–H and O–H groups in total. The fraction of sp³-hybridized carbons (Fsp3) is 0.481. The molecule has 190 valence electrons. The second-order valence-electron chi connectivity index (χ2n) is 9.70. The molecule has 1 saturated heterocycles. The van der Waals surface area contributed by atoms with Crippen LogP contribution in [0.2, 0.25) is 0 Å². The Bertz CT molecular complexity index is 1110. The quantitative estimate of drug-likeness (QED) is 0.369. The van der Waals surface area contributed by atoms with Crippen molar-refractivity contribution in [3.05, 3.63) is 65.2 Å². The molecule has 1 aliphatic carbocycles. The van der Waals surface area contributed by atoms with Gasteiger partial charge in [0.05, 0.1) is 12.2 Å². The zero-order valence-corrected chi connectivity index (χ0v) is 21.5. The van der Waals surface area contributed by atoms with Crippen molar-refractivity contribution in [2.45, 2.75) is 51.9 Å². The third kappa shape index (κ3) is 7.90. The van der Waals surface area contributed by atoms with Gasteiger partial charge in [0.15, 0.2) is 0 Å². The number of carbonyl (C=O) groups excluding carboxylic acids is 2. The first-order chi connectivity index (χ1) is 16.5. The SMILES string of the molecule is CC(C)C1CCN(C(=O)c2ccc(OC(=O)C3CCCc4ccccc43)cc2)CC1.CS(=O)(=O)O.